The van der Waals surface area contributed by atoms with E-state index >= 15 is 0 Å². The van der Waals surface area contributed by atoms with Gasteiger partial charge in [0, 0.05) is 12.8 Å². The Morgan fingerprint density at radius 1 is 1.39 bits per heavy atom. The Hall–Kier alpha value is -1.05. The van der Waals surface area contributed by atoms with E-state index in [0.717, 1.165) is 12.8 Å². The van der Waals surface area contributed by atoms with Gasteiger partial charge in [-0.2, -0.15) is 0 Å². The van der Waals surface area contributed by atoms with Gasteiger partial charge in [0.15, 0.2) is 0 Å². The fourth-order valence-electron chi connectivity index (χ4n) is 3.81. The van der Waals surface area contributed by atoms with Crippen molar-refractivity contribution >= 4 is 5.97 Å². The Morgan fingerprint density at radius 3 is 2.78 bits per heavy atom. The number of hydrogen-bond acceptors (Lipinski definition) is 2. The van der Waals surface area contributed by atoms with Crippen LogP contribution in [0.3, 0.4) is 0 Å². The Morgan fingerprint density at radius 2 is 2.11 bits per heavy atom. The SMILES string of the molecule is CC(=O)OC[C@H]1C(C)=CC[C@H]2C(C)=CCC[C@@]21C. The van der Waals surface area contributed by atoms with Gasteiger partial charge in [-0.05, 0) is 44.4 Å². The maximum absolute atomic E-state index is 11.1. The van der Waals surface area contributed by atoms with Crippen LogP contribution in [-0.4, -0.2) is 12.6 Å². The van der Waals surface area contributed by atoms with Gasteiger partial charge in [0.25, 0.3) is 0 Å². The lowest BCUT2D eigenvalue weighted by Crippen LogP contribution is -2.43. The van der Waals surface area contributed by atoms with Crippen LogP contribution in [0.2, 0.25) is 0 Å². The van der Waals surface area contributed by atoms with Crippen molar-refractivity contribution < 1.29 is 9.53 Å². The van der Waals surface area contributed by atoms with Crippen molar-refractivity contribution in [3.05, 3.63) is 23.3 Å². The molecular weight excluding hydrogens is 224 g/mol. The summed E-state index contributed by atoms with van der Waals surface area (Å²) in [4.78, 5) is 11.1. The lowest BCUT2D eigenvalue weighted by molar-refractivity contribution is -0.143. The second-order valence-corrected chi connectivity index (χ2v) is 6.08. The highest BCUT2D eigenvalue weighted by Gasteiger charge is 2.45. The third-order valence-corrected chi connectivity index (χ3v) is 4.97. The summed E-state index contributed by atoms with van der Waals surface area (Å²) in [5, 5.41) is 0. The van der Waals surface area contributed by atoms with E-state index in [2.05, 4.69) is 32.9 Å². The Labute approximate surface area is 110 Å². The van der Waals surface area contributed by atoms with Gasteiger partial charge in [-0.25, -0.2) is 0 Å². The predicted octanol–water partition coefficient (Wildman–Crippen LogP) is 3.88. The van der Waals surface area contributed by atoms with E-state index in [-0.39, 0.29) is 11.4 Å². The number of rotatable bonds is 2. The smallest absolute Gasteiger partial charge is 0.302 e. The van der Waals surface area contributed by atoms with Crippen LogP contribution in [0.25, 0.3) is 0 Å². The van der Waals surface area contributed by atoms with E-state index in [0.29, 0.717) is 18.4 Å². The molecule has 0 unspecified atom stereocenters. The van der Waals surface area contributed by atoms with E-state index in [1.165, 1.54) is 24.5 Å². The van der Waals surface area contributed by atoms with Gasteiger partial charge >= 0.3 is 5.97 Å². The molecular formula is C16H24O2. The molecule has 2 nitrogen and oxygen atoms in total. The highest BCUT2D eigenvalue weighted by atomic mass is 16.5. The van der Waals surface area contributed by atoms with E-state index in [9.17, 15) is 4.79 Å². The molecule has 0 saturated heterocycles. The largest absolute Gasteiger partial charge is 0.465 e. The molecule has 18 heavy (non-hydrogen) atoms. The molecule has 100 valence electrons. The second kappa shape index (κ2) is 4.91. The molecule has 0 saturated carbocycles. The average Bonchev–Trinajstić information content (AvgIpc) is 2.27. The zero-order chi connectivity index (χ0) is 13.3. The number of allylic oxidation sites excluding steroid dienone is 3. The Balaban J connectivity index is 2.25. The fraction of sp³-hybridized carbons (Fsp3) is 0.688. The molecule has 0 fully saturated rings. The summed E-state index contributed by atoms with van der Waals surface area (Å²) >= 11 is 0. The van der Waals surface area contributed by atoms with Crippen LogP contribution in [0.4, 0.5) is 0 Å². The maximum Gasteiger partial charge on any atom is 0.302 e. The molecule has 0 bridgehead atoms. The van der Waals surface area contributed by atoms with Crippen LogP contribution in [0.15, 0.2) is 23.3 Å². The molecule has 0 radical (unpaired) electrons. The van der Waals surface area contributed by atoms with Crippen LogP contribution in [0.1, 0.15) is 47.0 Å². The molecule has 2 aliphatic rings. The van der Waals surface area contributed by atoms with E-state index in [1.54, 1.807) is 0 Å². The van der Waals surface area contributed by atoms with Gasteiger partial charge in [0.05, 0.1) is 6.61 Å². The monoisotopic (exact) mass is 248 g/mol. The number of fused-ring (bicyclic) bond motifs is 1. The van der Waals surface area contributed by atoms with Crippen molar-refractivity contribution in [3.63, 3.8) is 0 Å². The van der Waals surface area contributed by atoms with Crippen LogP contribution >= 0.6 is 0 Å². The number of esters is 1. The van der Waals surface area contributed by atoms with Gasteiger partial charge < -0.3 is 4.74 Å². The second-order valence-electron chi connectivity index (χ2n) is 6.08. The first kappa shape index (κ1) is 13.4. The molecule has 0 aromatic carbocycles. The molecule has 2 aliphatic carbocycles. The lowest BCUT2D eigenvalue weighted by Gasteiger charge is -2.49. The minimum absolute atomic E-state index is 0.170. The molecule has 0 aromatic heterocycles. The lowest BCUT2D eigenvalue weighted by atomic mass is 9.56. The molecule has 0 heterocycles. The molecule has 0 spiro atoms. The van der Waals surface area contributed by atoms with Crippen LogP contribution in [0.5, 0.6) is 0 Å². The van der Waals surface area contributed by atoms with Crippen molar-refractivity contribution in [3.8, 4) is 0 Å². The molecule has 3 atom stereocenters. The number of carbonyl (C=O) groups is 1. The van der Waals surface area contributed by atoms with E-state index in [1.807, 2.05) is 0 Å². The molecule has 0 N–H and O–H groups in total. The highest BCUT2D eigenvalue weighted by molar-refractivity contribution is 5.65. The first-order valence-corrected chi connectivity index (χ1v) is 6.92. The summed E-state index contributed by atoms with van der Waals surface area (Å²) < 4.78 is 5.30. The standard InChI is InChI=1S/C16H24O2/c1-11-6-5-9-16(4)14(11)8-7-12(2)15(16)10-18-13(3)17/h6-7,14-15H,5,8-10H2,1-4H3/t14-,15-,16-/m0/s1. The van der Waals surface area contributed by atoms with Gasteiger partial charge in [0.1, 0.15) is 0 Å². The molecule has 0 amide bonds. The van der Waals surface area contributed by atoms with Gasteiger partial charge in [-0.1, -0.05) is 30.2 Å². The van der Waals surface area contributed by atoms with Gasteiger partial charge in [-0.3, -0.25) is 4.79 Å². The molecule has 2 heteroatoms. The summed E-state index contributed by atoms with van der Waals surface area (Å²) in [6.07, 6.45) is 8.21. The van der Waals surface area contributed by atoms with Crippen molar-refractivity contribution in [2.45, 2.75) is 47.0 Å². The molecule has 0 aromatic rings. The topological polar surface area (TPSA) is 26.3 Å². The predicted molar refractivity (Wildman–Crippen MR) is 73.1 cm³/mol. The van der Waals surface area contributed by atoms with Crippen molar-refractivity contribution in [2.24, 2.45) is 17.3 Å². The third kappa shape index (κ3) is 2.25. The highest BCUT2D eigenvalue weighted by Crippen LogP contribution is 2.53. The maximum atomic E-state index is 11.1. The van der Waals surface area contributed by atoms with E-state index < -0.39 is 0 Å². The number of ether oxygens (including phenoxy) is 1. The Kier molecular flexibility index (Phi) is 3.65. The molecule has 0 aliphatic heterocycles. The normalized spacial score (nSPS) is 35.3. The zero-order valence-corrected chi connectivity index (χ0v) is 12.0. The van der Waals surface area contributed by atoms with Gasteiger partial charge in [-0.15, -0.1) is 0 Å². The summed E-state index contributed by atoms with van der Waals surface area (Å²) in [5.74, 6) is 0.830. The summed E-state index contributed by atoms with van der Waals surface area (Å²) in [6, 6.07) is 0. The number of hydrogen-bond donors (Lipinski definition) is 0. The Bertz CT molecular complexity index is 405. The third-order valence-electron chi connectivity index (χ3n) is 4.97. The summed E-state index contributed by atoms with van der Waals surface area (Å²) in [7, 11) is 0. The summed E-state index contributed by atoms with van der Waals surface area (Å²) in [6.45, 7) is 8.84. The van der Waals surface area contributed by atoms with Crippen LogP contribution < -0.4 is 0 Å². The van der Waals surface area contributed by atoms with Crippen LogP contribution in [-0.2, 0) is 9.53 Å². The summed E-state index contributed by atoms with van der Waals surface area (Å²) in [5.41, 5.74) is 3.16. The minimum atomic E-state index is -0.170. The quantitative estimate of drug-likeness (QED) is 0.547. The number of carbonyl (C=O) groups excluding carboxylic acids is 1. The molecule has 2 rings (SSSR count). The first-order valence-electron chi connectivity index (χ1n) is 6.92. The van der Waals surface area contributed by atoms with Crippen molar-refractivity contribution in [1.29, 1.82) is 0 Å². The zero-order valence-electron chi connectivity index (χ0n) is 12.0. The fourth-order valence-corrected chi connectivity index (χ4v) is 3.81. The van der Waals surface area contributed by atoms with Crippen molar-refractivity contribution in [1.82, 2.24) is 0 Å². The first-order chi connectivity index (χ1) is 8.45. The van der Waals surface area contributed by atoms with Crippen molar-refractivity contribution in [2.75, 3.05) is 6.61 Å². The van der Waals surface area contributed by atoms with Gasteiger partial charge in [0.2, 0.25) is 0 Å². The minimum Gasteiger partial charge on any atom is -0.465 e. The van der Waals surface area contributed by atoms with Crippen LogP contribution in [0, 0.1) is 17.3 Å². The average molecular weight is 248 g/mol. The van der Waals surface area contributed by atoms with E-state index in [4.69, 9.17) is 4.74 Å².